The molecule has 0 unspecified atom stereocenters. The minimum Gasteiger partial charge on any atom is -0.497 e. The fourth-order valence-corrected chi connectivity index (χ4v) is 2.82. The van der Waals surface area contributed by atoms with Gasteiger partial charge in [-0.2, -0.15) is 0 Å². The molecule has 0 fully saturated rings. The summed E-state index contributed by atoms with van der Waals surface area (Å²) in [6.45, 7) is 6.46. The molecule has 6 nitrogen and oxygen atoms in total. The van der Waals surface area contributed by atoms with Crippen LogP contribution in [0.3, 0.4) is 0 Å². The average molecular weight is 369 g/mol. The highest BCUT2D eigenvalue weighted by Crippen LogP contribution is 2.19. The van der Waals surface area contributed by atoms with Crippen molar-refractivity contribution in [2.24, 2.45) is 0 Å². The van der Waals surface area contributed by atoms with Crippen molar-refractivity contribution in [1.29, 1.82) is 0 Å². The third-order valence-electron chi connectivity index (χ3n) is 4.32. The number of nitrogens with one attached hydrogen (secondary N) is 2. The number of likely N-dealkylation sites (N-methyl/N-ethyl adjacent to an activating group) is 1. The molecule has 2 N–H and O–H groups in total. The van der Waals surface area contributed by atoms with Crippen molar-refractivity contribution in [1.82, 2.24) is 4.90 Å². The first-order chi connectivity index (χ1) is 12.9. The molecular formula is C21H27N3O3. The second-order valence-electron chi connectivity index (χ2n) is 6.31. The van der Waals surface area contributed by atoms with Crippen molar-refractivity contribution in [3.05, 3.63) is 53.6 Å². The lowest BCUT2D eigenvalue weighted by Gasteiger charge is -2.21. The molecule has 0 saturated carbocycles. The molecule has 0 aromatic heterocycles. The van der Waals surface area contributed by atoms with E-state index in [4.69, 9.17) is 4.74 Å². The highest BCUT2D eigenvalue weighted by Gasteiger charge is 2.16. The predicted octanol–water partition coefficient (Wildman–Crippen LogP) is 3.21. The maximum atomic E-state index is 12.5. The summed E-state index contributed by atoms with van der Waals surface area (Å²) in [5.74, 6) is 0.292. The molecule has 0 aliphatic rings. The number of hydrogen-bond donors (Lipinski definition) is 2. The van der Waals surface area contributed by atoms with E-state index < -0.39 is 0 Å². The van der Waals surface area contributed by atoms with Crippen LogP contribution in [0.25, 0.3) is 0 Å². The first-order valence-electron chi connectivity index (χ1n) is 8.96. The number of anilines is 2. The van der Waals surface area contributed by atoms with Gasteiger partial charge in [0.1, 0.15) is 5.75 Å². The lowest BCUT2D eigenvalue weighted by atomic mass is 10.1. The Hall–Kier alpha value is -3.02. The van der Waals surface area contributed by atoms with Crippen LogP contribution >= 0.6 is 0 Å². The molecule has 27 heavy (non-hydrogen) atoms. The van der Waals surface area contributed by atoms with Crippen LogP contribution < -0.4 is 15.4 Å². The van der Waals surface area contributed by atoms with Crippen molar-refractivity contribution in [2.45, 2.75) is 20.8 Å². The van der Waals surface area contributed by atoms with Crippen molar-refractivity contribution in [3.8, 4) is 5.75 Å². The molecule has 0 heterocycles. The van der Waals surface area contributed by atoms with E-state index >= 15 is 0 Å². The van der Waals surface area contributed by atoms with Gasteiger partial charge in [-0.3, -0.25) is 9.59 Å². The first-order valence-corrected chi connectivity index (χ1v) is 8.96. The van der Waals surface area contributed by atoms with E-state index in [1.807, 2.05) is 39.0 Å². The molecule has 2 aromatic carbocycles. The van der Waals surface area contributed by atoms with Crippen molar-refractivity contribution in [3.63, 3.8) is 0 Å². The van der Waals surface area contributed by atoms with E-state index in [9.17, 15) is 9.59 Å². The van der Waals surface area contributed by atoms with Crippen LogP contribution in [0.5, 0.6) is 5.75 Å². The number of hydrogen-bond acceptors (Lipinski definition) is 4. The zero-order valence-corrected chi connectivity index (χ0v) is 16.3. The van der Waals surface area contributed by atoms with E-state index in [2.05, 4.69) is 10.6 Å². The Morgan fingerprint density at radius 3 is 2.37 bits per heavy atom. The molecular weight excluding hydrogens is 342 g/mol. The molecule has 0 aliphatic carbocycles. The Morgan fingerprint density at radius 2 is 1.74 bits per heavy atom. The molecule has 0 aliphatic heterocycles. The Balaban J connectivity index is 1.93. The quantitative estimate of drug-likeness (QED) is 0.750. The van der Waals surface area contributed by atoms with Crippen molar-refractivity contribution < 1.29 is 14.3 Å². The van der Waals surface area contributed by atoms with Crippen LogP contribution in [-0.4, -0.2) is 43.5 Å². The predicted molar refractivity (Wildman–Crippen MR) is 108 cm³/mol. The third-order valence-corrected chi connectivity index (χ3v) is 4.32. The second-order valence-corrected chi connectivity index (χ2v) is 6.31. The van der Waals surface area contributed by atoms with Gasteiger partial charge in [0.05, 0.1) is 20.2 Å². The molecule has 2 rings (SSSR count). The smallest absolute Gasteiger partial charge is 0.243 e. The summed E-state index contributed by atoms with van der Waals surface area (Å²) in [7, 11) is 1.57. The third kappa shape index (κ3) is 5.74. The Morgan fingerprint density at radius 1 is 1.07 bits per heavy atom. The molecule has 6 heteroatoms. The summed E-state index contributed by atoms with van der Waals surface area (Å²) < 4.78 is 5.15. The summed E-state index contributed by atoms with van der Waals surface area (Å²) in [6.07, 6.45) is 0. The number of carbonyl (C=O) groups is 2. The lowest BCUT2D eigenvalue weighted by molar-refractivity contribution is -0.132. The maximum Gasteiger partial charge on any atom is 0.243 e. The Bertz CT molecular complexity index is 785. The summed E-state index contributed by atoms with van der Waals surface area (Å²) in [5, 5.41) is 5.99. The van der Waals surface area contributed by atoms with E-state index in [1.54, 1.807) is 31.4 Å². The van der Waals surface area contributed by atoms with E-state index in [0.717, 1.165) is 16.8 Å². The fourth-order valence-electron chi connectivity index (χ4n) is 2.82. The standard InChI is InChI=1S/C21H27N3O3/c1-5-24(14-19(25)23-17-10-7-11-18(12-17)27-4)20(26)13-22-21-15(2)8-6-9-16(21)3/h6-12,22H,5,13-14H2,1-4H3,(H,23,25). The zero-order valence-electron chi connectivity index (χ0n) is 16.3. The van der Waals surface area contributed by atoms with Gasteiger partial charge in [0.15, 0.2) is 0 Å². The maximum absolute atomic E-state index is 12.5. The van der Waals surface area contributed by atoms with Gasteiger partial charge in [0.25, 0.3) is 0 Å². The summed E-state index contributed by atoms with van der Waals surface area (Å²) in [5.41, 5.74) is 3.77. The molecule has 144 valence electrons. The molecule has 2 aromatic rings. The van der Waals surface area contributed by atoms with E-state index in [1.165, 1.54) is 4.90 Å². The molecule has 0 spiro atoms. The van der Waals surface area contributed by atoms with Crippen molar-refractivity contribution in [2.75, 3.05) is 37.4 Å². The molecule has 0 saturated heterocycles. The number of aryl methyl sites for hydroxylation is 2. The Labute approximate surface area is 160 Å². The molecule has 0 bridgehead atoms. The van der Waals surface area contributed by atoms with Crippen molar-refractivity contribution >= 4 is 23.2 Å². The number of benzene rings is 2. The van der Waals surface area contributed by atoms with Crippen LogP contribution in [0.15, 0.2) is 42.5 Å². The summed E-state index contributed by atoms with van der Waals surface area (Å²) >= 11 is 0. The highest BCUT2D eigenvalue weighted by molar-refractivity contribution is 5.95. The number of para-hydroxylation sites is 1. The summed E-state index contributed by atoms with van der Waals surface area (Å²) in [4.78, 5) is 26.3. The molecule has 2 amide bonds. The van der Waals surface area contributed by atoms with Gasteiger partial charge in [0.2, 0.25) is 11.8 Å². The van der Waals surface area contributed by atoms with Crippen LogP contribution in [0.1, 0.15) is 18.1 Å². The van der Waals surface area contributed by atoms with Crippen LogP contribution in [0.4, 0.5) is 11.4 Å². The topological polar surface area (TPSA) is 70.7 Å². The number of methoxy groups -OCH3 is 1. The monoisotopic (exact) mass is 369 g/mol. The fraction of sp³-hybridized carbons (Fsp3) is 0.333. The highest BCUT2D eigenvalue weighted by atomic mass is 16.5. The first kappa shape index (κ1) is 20.3. The van der Waals surface area contributed by atoms with Gasteiger partial charge in [-0.1, -0.05) is 24.3 Å². The van der Waals surface area contributed by atoms with Gasteiger partial charge in [-0.15, -0.1) is 0 Å². The number of amides is 2. The zero-order chi connectivity index (χ0) is 19.8. The summed E-state index contributed by atoms with van der Waals surface area (Å²) in [6, 6.07) is 13.1. The lowest BCUT2D eigenvalue weighted by Crippen LogP contribution is -2.40. The van der Waals surface area contributed by atoms with E-state index in [0.29, 0.717) is 18.0 Å². The molecule has 0 radical (unpaired) electrons. The number of carbonyl (C=O) groups excluding carboxylic acids is 2. The number of nitrogens with zero attached hydrogens (tertiary/aromatic N) is 1. The van der Waals surface area contributed by atoms with Gasteiger partial charge in [-0.25, -0.2) is 0 Å². The van der Waals surface area contributed by atoms with Gasteiger partial charge in [-0.05, 0) is 44.0 Å². The minimum atomic E-state index is -0.245. The van der Waals surface area contributed by atoms with E-state index in [-0.39, 0.29) is 24.9 Å². The number of ether oxygens (including phenoxy) is 1. The van der Waals surface area contributed by atoms with Gasteiger partial charge >= 0.3 is 0 Å². The van der Waals surface area contributed by atoms with Gasteiger partial charge < -0.3 is 20.3 Å². The van der Waals surface area contributed by atoms with Crippen LogP contribution in [0.2, 0.25) is 0 Å². The average Bonchev–Trinajstić information content (AvgIpc) is 2.65. The van der Waals surface area contributed by atoms with Crippen LogP contribution in [-0.2, 0) is 9.59 Å². The minimum absolute atomic E-state index is 0.000969. The van der Waals surface area contributed by atoms with Crippen LogP contribution in [0, 0.1) is 13.8 Å². The molecule has 0 atom stereocenters. The Kier molecular flexibility index (Phi) is 7.23. The van der Waals surface area contributed by atoms with Gasteiger partial charge in [0, 0.05) is 24.0 Å². The second kappa shape index (κ2) is 9.62. The SMILES string of the molecule is CCN(CC(=O)Nc1cccc(OC)c1)C(=O)CNc1c(C)cccc1C. The largest absolute Gasteiger partial charge is 0.497 e. The number of rotatable bonds is 8. The normalized spacial score (nSPS) is 10.2.